The first kappa shape index (κ1) is 20.3. The second-order valence-corrected chi connectivity index (χ2v) is 9.40. The molecule has 31 heavy (non-hydrogen) atoms. The van der Waals surface area contributed by atoms with Crippen molar-refractivity contribution < 1.29 is 24.0 Å². The molecule has 0 aliphatic carbocycles. The Morgan fingerprint density at radius 1 is 1.13 bits per heavy atom. The number of allylic oxidation sites excluding steroid dienone is 1. The molecule has 0 amide bonds. The van der Waals surface area contributed by atoms with Gasteiger partial charge in [-0.3, -0.25) is 4.79 Å². The second kappa shape index (κ2) is 8.17. The number of halogens is 1. The lowest BCUT2D eigenvalue weighted by atomic mass is 9.99. The molecule has 6 heteroatoms. The molecule has 1 N–H and O–H groups in total. The van der Waals surface area contributed by atoms with Gasteiger partial charge in [-0.2, -0.15) is 0 Å². The summed E-state index contributed by atoms with van der Waals surface area (Å²) in [7, 11) is 0. The molecule has 0 unspecified atom stereocenters. The van der Waals surface area contributed by atoms with E-state index in [1.54, 1.807) is 19.1 Å². The summed E-state index contributed by atoms with van der Waals surface area (Å²) >= 11 is 3.46. The van der Waals surface area contributed by atoms with Crippen LogP contribution in [0.3, 0.4) is 0 Å². The van der Waals surface area contributed by atoms with Crippen LogP contribution in [0.25, 0.3) is 17.0 Å². The van der Waals surface area contributed by atoms with E-state index in [4.69, 9.17) is 9.15 Å². The van der Waals surface area contributed by atoms with Crippen LogP contribution in [0.5, 0.6) is 11.5 Å². The molecule has 0 saturated carbocycles. The number of aryl methyl sites for hydroxylation is 1. The number of likely N-dealkylation sites (tertiary alicyclic amines) is 1. The van der Waals surface area contributed by atoms with E-state index in [1.165, 1.54) is 30.6 Å². The number of Topliss-reactive ketones (excluding diaryl/α,β-unsaturated/α-hetero) is 1. The lowest BCUT2D eigenvalue weighted by Gasteiger charge is -2.23. The van der Waals surface area contributed by atoms with Crippen LogP contribution < -0.4 is 14.7 Å². The minimum Gasteiger partial charge on any atom is -0.872 e. The lowest BCUT2D eigenvalue weighted by molar-refractivity contribution is -0.913. The van der Waals surface area contributed by atoms with Gasteiger partial charge in [-0.25, -0.2) is 0 Å². The third kappa shape index (κ3) is 3.90. The van der Waals surface area contributed by atoms with Crippen molar-refractivity contribution >= 4 is 38.8 Å². The van der Waals surface area contributed by atoms with E-state index in [0.717, 1.165) is 28.5 Å². The highest BCUT2D eigenvalue weighted by Gasteiger charge is 2.33. The fraction of sp³-hybridized carbons (Fsp3) is 0.320. The number of hydrogen-bond donors (Lipinski definition) is 1. The highest BCUT2D eigenvalue weighted by atomic mass is 79.9. The van der Waals surface area contributed by atoms with Gasteiger partial charge in [0.1, 0.15) is 23.6 Å². The average Bonchev–Trinajstić information content (AvgIpc) is 3.15. The molecule has 5 nitrogen and oxygen atoms in total. The third-order valence-corrected chi connectivity index (χ3v) is 6.70. The number of ether oxygens (including phenoxy) is 1. The van der Waals surface area contributed by atoms with Crippen molar-refractivity contribution in [3.05, 3.63) is 63.0 Å². The molecule has 2 aliphatic heterocycles. The molecule has 2 aromatic carbocycles. The summed E-state index contributed by atoms with van der Waals surface area (Å²) in [6, 6.07) is 9.20. The maximum absolute atomic E-state index is 13.2. The molecule has 1 aromatic heterocycles. The highest BCUT2D eigenvalue weighted by Crippen LogP contribution is 2.41. The van der Waals surface area contributed by atoms with Gasteiger partial charge in [0.25, 0.3) is 0 Å². The van der Waals surface area contributed by atoms with Crippen molar-refractivity contribution in [1.29, 1.82) is 0 Å². The van der Waals surface area contributed by atoms with E-state index >= 15 is 0 Å². The van der Waals surface area contributed by atoms with Gasteiger partial charge >= 0.3 is 0 Å². The lowest BCUT2D eigenvalue weighted by Crippen LogP contribution is -3.10. The SMILES string of the molecule is Cc1cc([O-])c(C[NH+]2CCCCCC2)c2c1C(=O)C(=Cc1cc3cc(Br)ccc3o1)O2. The molecule has 0 bridgehead atoms. The van der Waals surface area contributed by atoms with Crippen LogP contribution >= 0.6 is 15.9 Å². The number of fused-ring (bicyclic) bond motifs is 2. The average molecular weight is 482 g/mol. The van der Waals surface area contributed by atoms with Crippen LogP contribution in [0.1, 0.15) is 52.9 Å². The van der Waals surface area contributed by atoms with Crippen LogP contribution in [0.4, 0.5) is 0 Å². The Morgan fingerprint density at radius 3 is 2.68 bits per heavy atom. The van der Waals surface area contributed by atoms with Crippen LogP contribution in [-0.2, 0) is 6.54 Å². The van der Waals surface area contributed by atoms with Gasteiger partial charge in [-0.05, 0) is 62.4 Å². The van der Waals surface area contributed by atoms with Crippen molar-refractivity contribution in [2.75, 3.05) is 13.1 Å². The van der Waals surface area contributed by atoms with Crippen molar-refractivity contribution in [1.82, 2.24) is 0 Å². The summed E-state index contributed by atoms with van der Waals surface area (Å²) in [4.78, 5) is 14.5. The molecule has 0 atom stereocenters. The Hall–Kier alpha value is -2.57. The van der Waals surface area contributed by atoms with E-state index in [9.17, 15) is 9.90 Å². The van der Waals surface area contributed by atoms with Crippen LogP contribution in [0, 0.1) is 6.92 Å². The predicted molar refractivity (Wildman–Crippen MR) is 120 cm³/mol. The minimum absolute atomic E-state index is 0.0457. The number of carbonyl (C=O) groups is 1. The molecular weight excluding hydrogens is 458 g/mol. The van der Waals surface area contributed by atoms with E-state index in [-0.39, 0.29) is 17.3 Å². The molecule has 5 rings (SSSR count). The number of furan rings is 1. The van der Waals surface area contributed by atoms with Crippen molar-refractivity contribution in [2.24, 2.45) is 0 Å². The molecule has 1 saturated heterocycles. The van der Waals surface area contributed by atoms with Crippen molar-refractivity contribution in [2.45, 2.75) is 39.2 Å². The van der Waals surface area contributed by atoms with Crippen molar-refractivity contribution in [3.63, 3.8) is 0 Å². The molecule has 3 aromatic rings. The highest BCUT2D eigenvalue weighted by molar-refractivity contribution is 9.10. The monoisotopic (exact) mass is 481 g/mol. The first-order valence-electron chi connectivity index (χ1n) is 10.8. The van der Waals surface area contributed by atoms with Crippen LogP contribution in [-0.4, -0.2) is 18.9 Å². The standard InChI is InChI=1S/C25H24BrNO4/c1-15-10-20(28)19(14-27-8-4-2-3-5-9-27)25-23(15)24(29)22(31-25)13-18-12-16-11-17(26)6-7-21(16)30-18/h6-7,10-13,28H,2-5,8-9,14H2,1H3. The number of carbonyl (C=O) groups excluding carboxylic acids is 1. The van der Waals surface area contributed by atoms with E-state index in [2.05, 4.69) is 15.9 Å². The number of rotatable bonds is 3. The zero-order valence-electron chi connectivity index (χ0n) is 17.4. The Labute approximate surface area is 189 Å². The van der Waals surface area contributed by atoms with Gasteiger partial charge in [0.2, 0.25) is 5.78 Å². The second-order valence-electron chi connectivity index (χ2n) is 8.49. The molecule has 160 valence electrons. The Morgan fingerprint density at radius 2 is 1.90 bits per heavy atom. The van der Waals surface area contributed by atoms with E-state index in [1.807, 2.05) is 24.3 Å². The van der Waals surface area contributed by atoms with Gasteiger partial charge < -0.3 is 19.2 Å². The molecule has 2 aliphatic rings. The number of ketones is 1. The first-order chi connectivity index (χ1) is 15.0. The van der Waals surface area contributed by atoms with Crippen LogP contribution in [0.2, 0.25) is 0 Å². The van der Waals surface area contributed by atoms with Gasteiger partial charge in [-0.15, -0.1) is 0 Å². The minimum atomic E-state index is -0.193. The normalized spacial score (nSPS) is 18.4. The summed E-state index contributed by atoms with van der Waals surface area (Å²) in [5.74, 6) is 0.951. The predicted octanol–water partition coefficient (Wildman–Crippen LogP) is 4.15. The third-order valence-electron chi connectivity index (χ3n) is 6.21. The smallest absolute Gasteiger partial charge is 0.232 e. The van der Waals surface area contributed by atoms with Gasteiger partial charge in [0.15, 0.2) is 5.76 Å². The zero-order valence-corrected chi connectivity index (χ0v) is 19.0. The fourth-order valence-corrected chi connectivity index (χ4v) is 5.00. The molecular formula is C25H24BrNO4. The summed E-state index contributed by atoms with van der Waals surface area (Å²) < 4.78 is 12.9. The van der Waals surface area contributed by atoms with Gasteiger partial charge in [0, 0.05) is 21.5 Å². The summed E-state index contributed by atoms with van der Waals surface area (Å²) in [6.45, 7) is 4.49. The largest absolute Gasteiger partial charge is 0.872 e. The van der Waals surface area contributed by atoms with Crippen LogP contribution in [0.15, 0.2) is 45.0 Å². The maximum Gasteiger partial charge on any atom is 0.232 e. The maximum atomic E-state index is 13.2. The summed E-state index contributed by atoms with van der Waals surface area (Å²) in [6.07, 6.45) is 6.46. The number of benzene rings is 2. The number of nitrogens with one attached hydrogen (secondary N) is 1. The zero-order chi connectivity index (χ0) is 21.5. The number of quaternary nitrogens is 1. The van der Waals surface area contributed by atoms with E-state index in [0.29, 0.717) is 34.7 Å². The van der Waals surface area contributed by atoms with Gasteiger partial charge in [0.05, 0.1) is 18.7 Å². The topological polar surface area (TPSA) is 66.9 Å². The quantitative estimate of drug-likeness (QED) is 0.570. The Bertz CT molecular complexity index is 1200. The summed E-state index contributed by atoms with van der Waals surface area (Å²) in [5, 5.41) is 13.8. The first-order valence-corrected chi connectivity index (χ1v) is 11.6. The Balaban J connectivity index is 1.50. The molecule has 3 heterocycles. The van der Waals surface area contributed by atoms with Crippen molar-refractivity contribution in [3.8, 4) is 11.5 Å². The summed E-state index contributed by atoms with van der Waals surface area (Å²) in [5.41, 5.74) is 2.52. The van der Waals surface area contributed by atoms with Gasteiger partial charge in [-0.1, -0.05) is 27.7 Å². The molecule has 0 radical (unpaired) electrons. The fourth-order valence-electron chi connectivity index (χ4n) is 4.62. The Kier molecular flexibility index (Phi) is 5.36. The van der Waals surface area contributed by atoms with E-state index < -0.39 is 0 Å². The number of hydrogen-bond acceptors (Lipinski definition) is 4. The molecule has 0 spiro atoms. The molecule has 1 fully saturated rings.